The lowest BCUT2D eigenvalue weighted by atomic mass is 9.77. The van der Waals surface area contributed by atoms with Gasteiger partial charge in [-0.15, -0.1) is 4.72 Å². The topological polar surface area (TPSA) is 83.1 Å². The number of nitrogens with zero attached hydrogens (tertiary/aromatic N) is 1. The van der Waals surface area contributed by atoms with E-state index >= 15 is 0 Å². The molecule has 1 aromatic rings. The molecule has 0 radical (unpaired) electrons. The second-order valence-electron chi connectivity index (χ2n) is 14.5. The summed E-state index contributed by atoms with van der Waals surface area (Å²) in [6.45, 7) is 23.6. The van der Waals surface area contributed by atoms with Gasteiger partial charge in [0.2, 0.25) is 0 Å². The van der Waals surface area contributed by atoms with Crippen molar-refractivity contribution in [2.45, 2.75) is 116 Å². The van der Waals surface area contributed by atoms with Crippen LogP contribution in [-0.4, -0.2) is 59.5 Å². The lowest BCUT2D eigenvalue weighted by molar-refractivity contribution is -0.0179. The van der Waals surface area contributed by atoms with Crippen LogP contribution in [0.15, 0.2) is 12.1 Å². The van der Waals surface area contributed by atoms with Crippen LogP contribution >= 0.6 is 23.2 Å². The Morgan fingerprint density at radius 3 is 2.30 bits per heavy atom. The fourth-order valence-corrected chi connectivity index (χ4v) is 6.54. The Hall–Kier alpha value is -0.683. The van der Waals surface area contributed by atoms with Gasteiger partial charge in [0.1, 0.15) is 16.1 Å². The lowest BCUT2D eigenvalue weighted by Crippen LogP contribution is -2.56. The highest BCUT2D eigenvalue weighted by atomic mass is 35.5. The van der Waals surface area contributed by atoms with E-state index in [1.807, 2.05) is 55.4 Å². The molecule has 0 bridgehead atoms. The van der Waals surface area contributed by atoms with Crippen molar-refractivity contribution in [2.24, 2.45) is 5.92 Å². The van der Waals surface area contributed by atoms with Gasteiger partial charge in [-0.3, -0.25) is 0 Å². The number of ether oxygens (including phenoxy) is 3. The second kappa shape index (κ2) is 13.7. The SMILES string of the molecule is CC(C)(C)OC(=O)N1CCC(C(N[S+]([O-])C(C)(C)C)c2cc(Cl)c(Cl)cc2OCOCC[Si](C)(C)C)CC1(C)C. The first kappa shape index (κ1) is 35.5. The Bertz CT molecular complexity index is 1010. The van der Waals surface area contributed by atoms with Crippen LogP contribution in [-0.2, 0) is 20.8 Å². The number of likely N-dealkylation sites (tertiary alicyclic amines) is 1. The van der Waals surface area contributed by atoms with Crippen molar-refractivity contribution in [3.05, 3.63) is 27.7 Å². The third-order valence-electron chi connectivity index (χ3n) is 6.77. The van der Waals surface area contributed by atoms with Gasteiger partial charge in [0, 0.05) is 49.8 Å². The molecule has 1 aromatic carbocycles. The number of carbonyl (C=O) groups is 1. The Labute approximate surface area is 256 Å². The molecule has 11 heteroatoms. The first-order valence-corrected chi connectivity index (χ1v) is 19.6. The number of hydrogen-bond acceptors (Lipinski definition) is 6. The van der Waals surface area contributed by atoms with Crippen LogP contribution in [0, 0.1) is 5.92 Å². The third-order valence-corrected chi connectivity index (χ3v) is 10.8. The van der Waals surface area contributed by atoms with E-state index in [2.05, 4.69) is 24.4 Å². The second-order valence-corrected chi connectivity index (χ2v) is 22.9. The molecule has 1 fully saturated rings. The first-order chi connectivity index (χ1) is 18.1. The number of benzene rings is 1. The normalized spacial score (nSPS) is 19.8. The summed E-state index contributed by atoms with van der Waals surface area (Å²) >= 11 is 11.6. The van der Waals surface area contributed by atoms with Crippen molar-refractivity contribution in [3.8, 4) is 5.75 Å². The van der Waals surface area contributed by atoms with E-state index in [1.54, 1.807) is 17.0 Å². The van der Waals surface area contributed by atoms with Crippen molar-refractivity contribution in [1.82, 2.24) is 9.62 Å². The summed E-state index contributed by atoms with van der Waals surface area (Å²) in [4.78, 5) is 14.8. The monoisotopic (exact) mass is 636 g/mol. The van der Waals surface area contributed by atoms with Gasteiger partial charge in [0.05, 0.1) is 16.1 Å². The molecule has 0 aliphatic carbocycles. The Kier molecular flexibility index (Phi) is 12.2. The molecular weight excluding hydrogens is 587 g/mol. The zero-order chi connectivity index (χ0) is 30.7. The van der Waals surface area contributed by atoms with Crippen molar-refractivity contribution in [1.29, 1.82) is 0 Å². The molecule has 1 amide bonds. The fourth-order valence-electron chi connectivity index (χ4n) is 4.55. The molecule has 1 aliphatic rings. The third kappa shape index (κ3) is 10.9. The van der Waals surface area contributed by atoms with Gasteiger partial charge in [-0.25, -0.2) is 4.79 Å². The van der Waals surface area contributed by atoms with Crippen LogP contribution in [0.1, 0.15) is 79.8 Å². The number of rotatable bonds is 10. The number of nitrogens with one attached hydrogen (secondary N) is 1. The van der Waals surface area contributed by atoms with Crippen molar-refractivity contribution >= 4 is 48.7 Å². The van der Waals surface area contributed by atoms with E-state index in [4.69, 9.17) is 37.4 Å². The standard InChI is InChI=1S/C29H50Cl2N2O5SSi/c1-27(2,3)38-26(34)33-13-12-20(18-29(33,7)8)25(32-39(35)28(4,5)6)21-16-22(30)23(31)17-24(21)37-19-36-14-15-40(9,10)11/h16-17,20,25,32H,12-15,18-19H2,1-11H3. The summed E-state index contributed by atoms with van der Waals surface area (Å²) < 4.78 is 34.0. The van der Waals surface area contributed by atoms with E-state index < -0.39 is 35.3 Å². The lowest BCUT2D eigenvalue weighted by Gasteiger charge is -2.47. The Morgan fingerprint density at radius 1 is 1.18 bits per heavy atom. The van der Waals surface area contributed by atoms with Crippen molar-refractivity contribution in [2.75, 3.05) is 19.9 Å². The largest absolute Gasteiger partial charge is 0.598 e. The molecule has 1 heterocycles. The predicted octanol–water partition coefficient (Wildman–Crippen LogP) is 8.20. The van der Waals surface area contributed by atoms with Crippen molar-refractivity contribution in [3.63, 3.8) is 0 Å². The zero-order valence-electron chi connectivity index (χ0n) is 26.2. The smallest absolute Gasteiger partial charge is 0.410 e. The van der Waals surface area contributed by atoms with E-state index in [1.165, 1.54) is 0 Å². The summed E-state index contributed by atoms with van der Waals surface area (Å²) in [6.07, 6.45) is 0.999. The predicted molar refractivity (Wildman–Crippen MR) is 170 cm³/mol. The summed E-state index contributed by atoms with van der Waals surface area (Å²) in [7, 11) is -1.23. The molecule has 40 heavy (non-hydrogen) atoms. The van der Waals surface area contributed by atoms with Gasteiger partial charge in [-0.2, -0.15) is 0 Å². The number of hydrogen-bond donors (Lipinski definition) is 1. The zero-order valence-corrected chi connectivity index (χ0v) is 29.5. The molecule has 1 saturated heterocycles. The van der Waals surface area contributed by atoms with Crippen LogP contribution in [0.5, 0.6) is 5.75 Å². The molecule has 1 N–H and O–H groups in total. The molecule has 1 aliphatic heterocycles. The molecule has 3 unspecified atom stereocenters. The highest BCUT2D eigenvalue weighted by Gasteiger charge is 2.44. The molecule has 0 saturated carbocycles. The molecule has 3 atom stereocenters. The van der Waals surface area contributed by atoms with Crippen LogP contribution in [0.2, 0.25) is 35.7 Å². The minimum absolute atomic E-state index is 0.0207. The highest BCUT2D eigenvalue weighted by Crippen LogP contribution is 2.44. The minimum Gasteiger partial charge on any atom is -0.598 e. The van der Waals surface area contributed by atoms with Crippen LogP contribution in [0.3, 0.4) is 0 Å². The average Bonchev–Trinajstić information content (AvgIpc) is 2.75. The van der Waals surface area contributed by atoms with Crippen molar-refractivity contribution < 1.29 is 23.6 Å². The molecule has 0 aromatic heterocycles. The van der Waals surface area contributed by atoms with E-state index in [9.17, 15) is 9.35 Å². The van der Waals surface area contributed by atoms with Crippen LogP contribution in [0.25, 0.3) is 0 Å². The van der Waals surface area contributed by atoms with Gasteiger partial charge in [-0.1, -0.05) is 42.8 Å². The number of halogens is 2. The van der Waals surface area contributed by atoms with Gasteiger partial charge in [0.15, 0.2) is 6.79 Å². The molecule has 230 valence electrons. The maximum absolute atomic E-state index is 13.4. The molecular formula is C29H50Cl2N2O5SSi. The summed E-state index contributed by atoms with van der Waals surface area (Å²) in [5, 5.41) is 0.765. The summed E-state index contributed by atoms with van der Waals surface area (Å²) in [5.74, 6) is 0.561. The quantitative estimate of drug-likeness (QED) is 0.121. The van der Waals surface area contributed by atoms with Gasteiger partial charge >= 0.3 is 6.09 Å². The average molecular weight is 638 g/mol. The van der Waals surface area contributed by atoms with E-state index in [0.717, 1.165) is 11.6 Å². The van der Waals surface area contributed by atoms with Crippen LogP contribution < -0.4 is 9.46 Å². The first-order valence-electron chi connectivity index (χ1n) is 14.0. The molecule has 2 rings (SSSR count). The Balaban J connectivity index is 2.39. The molecule has 0 spiro atoms. The summed E-state index contributed by atoms with van der Waals surface area (Å²) in [5.41, 5.74) is -0.306. The number of carbonyl (C=O) groups excluding carboxylic acids is 1. The van der Waals surface area contributed by atoms with Gasteiger partial charge in [0.25, 0.3) is 0 Å². The number of amides is 1. The fraction of sp³-hybridized carbons (Fsp3) is 0.759. The summed E-state index contributed by atoms with van der Waals surface area (Å²) in [6, 6.07) is 4.17. The maximum Gasteiger partial charge on any atom is 0.410 e. The minimum atomic E-state index is -1.38. The highest BCUT2D eigenvalue weighted by molar-refractivity contribution is 7.90. The number of piperidine rings is 1. The van der Waals surface area contributed by atoms with E-state index in [0.29, 0.717) is 41.8 Å². The maximum atomic E-state index is 13.4. The van der Waals surface area contributed by atoms with Gasteiger partial charge in [-0.05, 0) is 86.3 Å². The van der Waals surface area contributed by atoms with Gasteiger partial charge < -0.3 is 23.7 Å². The van der Waals surface area contributed by atoms with Crippen LogP contribution in [0.4, 0.5) is 4.79 Å². The molecule has 7 nitrogen and oxygen atoms in total. The van der Waals surface area contributed by atoms with E-state index in [-0.39, 0.29) is 24.8 Å². The Morgan fingerprint density at radius 2 is 1.77 bits per heavy atom.